The zero-order valence-electron chi connectivity index (χ0n) is 15.2. The van der Waals surface area contributed by atoms with E-state index in [9.17, 15) is 18.4 Å². The number of carbonyl (C=O) groups is 2. The second kappa shape index (κ2) is 9.45. The average Bonchev–Trinajstić information content (AvgIpc) is 2.72. The number of amides is 1. The zero-order valence-corrected chi connectivity index (χ0v) is 15.2. The number of carbonyl (C=O) groups excluding carboxylic acids is 2. The summed E-state index contributed by atoms with van der Waals surface area (Å²) in [5, 5.41) is 2.39. The van der Waals surface area contributed by atoms with Crippen LogP contribution in [0.25, 0.3) is 0 Å². The minimum Gasteiger partial charge on any atom is -0.483 e. The lowest BCUT2D eigenvalue weighted by atomic mass is 10.2. The van der Waals surface area contributed by atoms with Crippen molar-refractivity contribution in [1.82, 2.24) is 0 Å². The van der Waals surface area contributed by atoms with Gasteiger partial charge in [-0.05, 0) is 42.0 Å². The Kier molecular flexibility index (Phi) is 6.52. The van der Waals surface area contributed by atoms with Crippen LogP contribution in [0.3, 0.4) is 0 Å². The molecule has 0 spiro atoms. The molecule has 1 N–H and O–H groups in total. The summed E-state index contributed by atoms with van der Waals surface area (Å²) >= 11 is 0. The maximum atomic E-state index is 13.6. The molecule has 3 rings (SSSR count). The molecule has 29 heavy (non-hydrogen) atoms. The lowest BCUT2D eigenvalue weighted by molar-refractivity contribution is -0.118. The van der Waals surface area contributed by atoms with Crippen LogP contribution in [0.2, 0.25) is 0 Å². The first-order chi connectivity index (χ1) is 14.0. The first-order valence-corrected chi connectivity index (χ1v) is 8.70. The Balaban J connectivity index is 1.60. The number of hydrogen-bond donors (Lipinski definition) is 1. The first-order valence-electron chi connectivity index (χ1n) is 8.70. The van der Waals surface area contributed by atoms with E-state index in [-0.39, 0.29) is 23.6 Å². The Morgan fingerprint density at radius 2 is 1.66 bits per heavy atom. The van der Waals surface area contributed by atoms with Crippen LogP contribution in [0.15, 0.2) is 72.8 Å². The van der Waals surface area contributed by atoms with E-state index in [0.29, 0.717) is 5.56 Å². The molecule has 0 heterocycles. The number of nitrogens with one attached hydrogen (secondary N) is 1. The van der Waals surface area contributed by atoms with Gasteiger partial charge in [0.1, 0.15) is 29.6 Å². The van der Waals surface area contributed by atoms with E-state index in [0.717, 1.165) is 0 Å². The van der Waals surface area contributed by atoms with Gasteiger partial charge in [0, 0.05) is 0 Å². The van der Waals surface area contributed by atoms with Gasteiger partial charge in [0.15, 0.2) is 6.61 Å². The number of benzene rings is 3. The van der Waals surface area contributed by atoms with Crippen LogP contribution in [0.5, 0.6) is 5.75 Å². The monoisotopic (exact) mass is 397 g/mol. The van der Waals surface area contributed by atoms with Gasteiger partial charge in [-0.25, -0.2) is 13.6 Å². The highest BCUT2D eigenvalue weighted by atomic mass is 19.1. The second-order valence-corrected chi connectivity index (χ2v) is 6.02. The van der Waals surface area contributed by atoms with Crippen molar-refractivity contribution in [2.45, 2.75) is 6.61 Å². The summed E-state index contributed by atoms with van der Waals surface area (Å²) in [6, 6.07) is 17.7. The second-order valence-electron chi connectivity index (χ2n) is 6.02. The van der Waals surface area contributed by atoms with Gasteiger partial charge in [-0.3, -0.25) is 4.79 Å². The minimum absolute atomic E-state index is 0.0314. The van der Waals surface area contributed by atoms with E-state index in [1.807, 2.05) is 0 Å². The van der Waals surface area contributed by atoms with Crippen molar-refractivity contribution in [2.75, 3.05) is 11.9 Å². The molecule has 0 aliphatic heterocycles. The fourth-order valence-electron chi connectivity index (χ4n) is 2.51. The van der Waals surface area contributed by atoms with Gasteiger partial charge in [-0.2, -0.15) is 0 Å². The topological polar surface area (TPSA) is 64.6 Å². The molecule has 0 fully saturated rings. The van der Waals surface area contributed by atoms with E-state index in [1.165, 1.54) is 48.5 Å². The maximum Gasteiger partial charge on any atom is 0.342 e. The summed E-state index contributed by atoms with van der Waals surface area (Å²) in [5.74, 6) is -2.12. The smallest absolute Gasteiger partial charge is 0.342 e. The van der Waals surface area contributed by atoms with Crippen LogP contribution < -0.4 is 10.1 Å². The predicted octanol–water partition coefficient (Wildman–Crippen LogP) is 4.34. The highest BCUT2D eigenvalue weighted by molar-refractivity contribution is 5.94. The summed E-state index contributed by atoms with van der Waals surface area (Å²) < 4.78 is 37.4. The lowest BCUT2D eigenvalue weighted by Gasteiger charge is -2.12. The van der Waals surface area contributed by atoms with Crippen LogP contribution in [-0.2, 0) is 16.1 Å². The number of esters is 1. The van der Waals surface area contributed by atoms with Gasteiger partial charge in [0.2, 0.25) is 0 Å². The number of hydrogen-bond acceptors (Lipinski definition) is 4. The predicted molar refractivity (Wildman–Crippen MR) is 102 cm³/mol. The van der Waals surface area contributed by atoms with Crippen molar-refractivity contribution < 1.29 is 27.8 Å². The van der Waals surface area contributed by atoms with Crippen LogP contribution in [0, 0.1) is 11.6 Å². The minimum atomic E-state index is -0.681. The first kappa shape index (κ1) is 20.0. The zero-order chi connectivity index (χ0) is 20.6. The molecule has 3 aromatic rings. The summed E-state index contributed by atoms with van der Waals surface area (Å²) in [6.45, 7) is -0.540. The van der Waals surface area contributed by atoms with Crippen LogP contribution in [-0.4, -0.2) is 18.5 Å². The molecule has 1 amide bonds. The van der Waals surface area contributed by atoms with E-state index in [1.54, 1.807) is 24.3 Å². The Bertz CT molecular complexity index is 1020. The number of ether oxygens (including phenoxy) is 2. The Morgan fingerprint density at radius 1 is 0.897 bits per heavy atom. The van der Waals surface area contributed by atoms with Crippen LogP contribution in [0.4, 0.5) is 14.5 Å². The maximum absolute atomic E-state index is 13.6. The van der Waals surface area contributed by atoms with Gasteiger partial charge in [-0.15, -0.1) is 0 Å². The average molecular weight is 397 g/mol. The SMILES string of the molecule is O=C(COc1ccccc1C(=O)OCc1cccc(F)c1)Nc1ccccc1F. The van der Waals surface area contributed by atoms with Gasteiger partial charge >= 0.3 is 5.97 Å². The van der Waals surface area contributed by atoms with Crippen molar-refractivity contribution in [3.05, 3.63) is 95.6 Å². The molecule has 5 nitrogen and oxygen atoms in total. The molecular weight excluding hydrogens is 380 g/mol. The molecular formula is C22H17F2NO4. The van der Waals surface area contributed by atoms with E-state index >= 15 is 0 Å². The van der Waals surface area contributed by atoms with Crippen LogP contribution in [0.1, 0.15) is 15.9 Å². The van der Waals surface area contributed by atoms with Gasteiger partial charge in [0.25, 0.3) is 5.91 Å². The third-order valence-electron chi connectivity index (χ3n) is 3.87. The fourth-order valence-corrected chi connectivity index (χ4v) is 2.51. The molecule has 0 aliphatic rings. The van der Waals surface area contributed by atoms with Crippen molar-refractivity contribution in [2.24, 2.45) is 0 Å². The lowest BCUT2D eigenvalue weighted by Crippen LogP contribution is -2.21. The number of para-hydroxylation sites is 2. The molecule has 0 radical (unpaired) electrons. The summed E-state index contributed by atoms with van der Waals surface area (Å²) in [6.07, 6.45) is 0. The Morgan fingerprint density at radius 3 is 2.45 bits per heavy atom. The third kappa shape index (κ3) is 5.62. The quantitative estimate of drug-likeness (QED) is 0.603. The highest BCUT2D eigenvalue weighted by Crippen LogP contribution is 2.20. The molecule has 0 aromatic heterocycles. The number of anilines is 1. The van der Waals surface area contributed by atoms with E-state index < -0.39 is 30.1 Å². The molecule has 0 atom stereocenters. The molecule has 3 aromatic carbocycles. The van der Waals surface area contributed by atoms with Crippen molar-refractivity contribution in [3.8, 4) is 5.75 Å². The van der Waals surface area contributed by atoms with Crippen molar-refractivity contribution in [1.29, 1.82) is 0 Å². The Hall–Kier alpha value is -3.74. The number of halogens is 2. The molecule has 0 saturated carbocycles. The van der Waals surface area contributed by atoms with Crippen molar-refractivity contribution in [3.63, 3.8) is 0 Å². The summed E-state index contributed by atoms with van der Waals surface area (Å²) in [7, 11) is 0. The summed E-state index contributed by atoms with van der Waals surface area (Å²) in [4.78, 5) is 24.4. The van der Waals surface area contributed by atoms with Crippen molar-refractivity contribution >= 4 is 17.6 Å². The molecule has 148 valence electrons. The molecule has 0 saturated heterocycles. The largest absolute Gasteiger partial charge is 0.483 e. The van der Waals surface area contributed by atoms with Gasteiger partial charge in [0.05, 0.1) is 5.69 Å². The Labute approximate surface area is 165 Å². The third-order valence-corrected chi connectivity index (χ3v) is 3.87. The molecule has 0 unspecified atom stereocenters. The van der Waals surface area contributed by atoms with E-state index in [4.69, 9.17) is 9.47 Å². The van der Waals surface area contributed by atoms with Crippen LogP contribution >= 0.6 is 0 Å². The molecule has 7 heteroatoms. The van der Waals surface area contributed by atoms with Gasteiger partial charge in [-0.1, -0.05) is 36.4 Å². The fraction of sp³-hybridized carbons (Fsp3) is 0.0909. The number of rotatable bonds is 7. The summed E-state index contributed by atoms with van der Waals surface area (Å²) in [5.41, 5.74) is 0.646. The molecule has 0 aliphatic carbocycles. The molecule has 0 bridgehead atoms. The standard InChI is InChI=1S/C22H17F2NO4/c23-16-7-5-6-15(12-16)13-29-22(27)17-8-1-4-11-20(17)28-14-21(26)25-19-10-3-2-9-18(19)24/h1-12H,13-14H2,(H,25,26). The van der Waals surface area contributed by atoms with E-state index in [2.05, 4.69) is 5.32 Å². The highest BCUT2D eigenvalue weighted by Gasteiger charge is 2.15. The normalized spacial score (nSPS) is 10.3. The van der Waals surface area contributed by atoms with Gasteiger partial charge < -0.3 is 14.8 Å².